The molecule has 0 radical (unpaired) electrons. The number of halogens is 4. The van der Waals surface area contributed by atoms with Crippen LogP contribution in [0.5, 0.6) is 0 Å². The lowest BCUT2D eigenvalue weighted by Gasteiger charge is -2.19. The molecule has 0 saturated carbocycles. The molecule has 0 aliphatic rings. The summed E-state index contributed by atoms with van der Waals surface area (Å²) in [6.07, 6.45) is -2.46. The Morgan fingerprint density at radius 2 is 1.11 bits per heavy atom. The van der Waals surface area contributed by atoms with Crippen LogP contribution in [0.1, 0.15) is 0 Å². The molecule has 0 aliphatic carbocycles. The van der Waals surface area contributed by atoms with E-state index in [-0.39, 0.29) is 0 Å². The summed E-state index contributed by atoms with van der Waals surface area (Å²) in [7, 11) is 0. The lowest BCUT2D eigenvalue weighted by molar-refractivity contribution is -0.167. The van der Waals surface area contributed by atoms with Gasteiger partial charge in [0.25, 0.3) is 0 Å². The van der Waals surface area contributed by atoms with E-state index in [9.17, 15) is 9.59 Å². The van der Waals surface area contributed by atoms with E-state index in [1.807, 2.05) is 0 Å². The molecule has 102 valence electrons. The number of carboxylic acid groups (broad SMARTS) is 2. The topological polar surface area (TPSA) is 93.1 Å². The number of rotatable bonds is 7. The van der Waals surface area contributed by atoms with Crippen LogP contribution in [0.25, 0.3) is 0 Å². The van der Waals surface area contributed by atoms with E-state index in [1.165, 1.54) is 0 Å². The van der Waals surface area contributed by atoms with Crippen LogP contribution >= 0.6 is 46.4 Å². The van der Waals surface area contributed by atoms with Gasteiger partial charge < -0.3 is 19.7 Å². The smallest absolute Gasteiger partial charge is 0.349 e. The SMILES string of the molecule is O=C(O)C(OC=C(Cl)Cl)C(OC=C(Cl)Cl)C(=O)O. The number of carboxylic acids is 2. The summed E-state index contributed by atoms with van der Waals surface area (Å²) in [4.78, 5) is 21.7. The van der Waals surface area contributed by atoms with E-state index in [1.54, 1.807) is 0 Å². The van der Waals surface area contributed by atoms with Gasteiger partial charge in [-0.15, -0.1) is 0 Å². The second-order valence-electron chi connectivity index (χ2n) is 2.60. The van der Waals surface area contributed by atoms with Crippen LogP contribution in [0.3, 0.4) is 0 Å². The molecule has 0 saturated heterocycles. The van der Waals surface area contributed by atoms with Crippen molar-refractivity contribution < 1.29 is 29.3 Å². The van der Waals surface area contributed by atoms with Crippen LogP contribution in [-0.2, 0) is 19.1 Å². The lowest BCUT2D eigenvalue weighted by Crippen LogP contribution is -2.42. The molecule has 0 bridgehead atoms. The van der Waals surface area contributed by atoms with Crippen molar-refractivity contribution >= 4 is 58.3 Å². The quantitative estimate of drug-likeness (QED) is 0.692. The molecule has 0 aromatic heterocycles. The van der Waals surface area contributed by atoms with E-state index in [2.05, 4.69) is 9.47 Å². The average Bonchev–Trinajstić information content (AvgIpc) is 2.20. The van der Waals surface area contributed by atoms with Gasteiger partial charge >= 0.3 is 11.9 Å². The molecule has 2 N–H and O–H groups in total. The zero-order chi connectivity index (χ0) is 14.3. The first-order valence-corrected chi connectivity index (χ1v) is 5.55. The Morgan fingerprint density at radius 1 is 0.833 bits per heavy atom. The van der Waals surface area contributed by atoms with E-state index in [4.69, 9.17) is 56.6 Å². The number of hydrogen-bond acceptors (Lipinski definition) is 4. The molecule has 2 unspecified atom stereocenters. The zero-order valence-electron chi connectivity index (χ0n) is 8.35. The van der Waals surface area contributed by atoms with Crippen LogP contribution in [-0.4, -0.2) is 34.4 Å². The van der Waals surface area contributed by atoms with Crippen LogP contribution in [0.2, 0.25) is 0 Å². The second kappa shape index (κ2) is 8.31. The summed E-state index contributed by atoms with van der Waals surface area (Å²) in [5.74, 6) is -3.21. The molecule has 0 heterocycles. The normalized spacial score (nSPS) is 12.9. The fraction of sp³-hybridized carbons (Fsp3) is 0.250. The standard InChI is InChI=1S/C8H6Cl4O6/c9-3(10)1-17-5(7(13)14)6(8(15)16)18-2-4(11)12/h1-2,5-6H,(H,13,14)(H,15,16). The molecule has 0 aromatic carbocycles. The second-order valence-corrected chi connectivity index (χ2v) is 4.62. The maximum Gasteiger partial charge on any atom is 0.349 e. The molecule has 0 rings (SSSR count). The number of aliphatic carboxylic acids is 2. The van der Waals surface area contributed by atoms with E-state index in [0.29, 0.717) is 12.5 Å². The third-order valence-corrected chi connectivity index (χ3v) is 1.73. The maximum atomic E-state index is 10.8. The van der Waals surface area contributed by atoms with Crippen molar-refractivity contribution in [3.8, 4) is 0 Å². The molecule has 6 nitrogen and oxygen atoms in total. The van der Waals surface area contributed by atoms with Crippen molar-refractivity contribution in [3.63, 3.8) is 0 Å². The van der Waals surface area contributed by atoms with Gasteiger partial charge in [0, 0.05) is 0 Å². The number of hydrogen-bond donors (Lipinski definition) is 2. The Hall–Kier alpha value is -0.820. The highest BCUT2D eigenvalue weighted by Crippen LogP contribution is 2.14. The van der Waals surface area contributed by atoms with Crippen molar-refractivity contribution in [2.75, 3.05) is 0 Å². The summed E-state index contributed by atoms with van der Waals surface area (Å²) in [6.45, 7) is 0. The number of carbonyl (C=O) groups is 2. The first-order chi connectivity index (χ1) is 8.25. The fourth-order valence-corrected chi connectivity index (χ4v) is 0.973. The molecule has 0 spiro atoms. The van der Waals surface area contributed by atoms with Crippen molar-refractivity contribution in [1.82, 2.24) is 0 Å². The molecular weight excluding hydrogens is 334 g/mol. The van der Waals surface area contributed by atoms with Crippen LogP contribution < -0.4 is 0 Å². The van der Waals surface area contributed by atoms with Gasteiger partial charge in [0.1, 0.15) is 21.5 Å². The lowest BCUT2D eigenvalue weighted by atomic mass is 10.2. The Labute approximate surface area is 121 Å². The summed E-state index contributed by atoms with van der Waals surface area (Å²) in [5, 5.41) is 17.6. The molecule has 0 fully saturated rings. The Balaban J connectivity index is 5.00. The Morgan fingerprint density at radius 3 is 1.28 bits per heavy atom. The van der Waals surface area contributed by atoms with Gasteiger partial charge in [-0.05, 0) is 0 Å². The number of ether oxygens (including phenoxy) is 2. The molecule has 10 heteroatoms. The molecular formula is C8H6Cl4O6. The van der Waals surface area contributed by atoms with E-state index < -0.39 is 33.1 Å². The highest BCUT2D eigenvalue weighted by atomic mass is 35.5. The average molecular weight is 340 g/mol. The third kappa shape index (κ3) is 6.80. The first-order valence-electron chi connectivity index (χ1n) is 4.04. The predicted molar refractivity (Wildman–Crippen MR) is 64.6 cm³/mol. The molecule has 0 amide bonds. The summed E-state index contributed by atoms with van der Waals surface area (Å²) in [5.41, 5.74) is 0. The van der Waals surface area contributed by atoms with Crippen molar-refractivity contribution in [1.29, 1.82) is 0 Å². The third-order valence-electron chi connectivity index (χ3n) is 1.37. The van der Waals surface area contributed by atoms with Gasteiger partial charge in [-0.3, -0.25) is 0 Å². The largest absolute Gasteiger partial charge is 0.479 e. The van der Waals surface area contributed by atoms with Gasteiger partial charge in [0.15, 0.2) is 0 Å². The highest BCUT2D eigenvalue weighted by molar-refractivity contribution is 6.56. The summed E-state index contributed by atoms with van der Waals surface area (Å²) < 4.78 is 8.36. The van der Waals surface area contributed by atoms with Gasteiger partial charge in [-0.2, -0.15) is 0 Å². The molecule has 18 heavy (non-hydrogen) atoms. The minimum Gasteiger partial charge on any atom is -0.479 e. The van der Waals surface area contributed by atoms with E-state index in [0.717, 1.165) is 0 Å². The molecule has 2 atom stereocenters. The summed E-state index contributed by atoms with van der Waals surface area (Å²) in [6, 6.07) is 0. The first kappa shape index (κ1) is 17.2. The van der Waals surface area contributed by atoms with Crippen LogP contribution in [0.15, 0.2) is 21.5 Å². The minimum absolute atomic E-state index is 0.392. The maximum absolute atomic E-state index is 10.8. The van der Waals surface area contributed by atoms with Gasteiger partial charge in [-0.25, -0.2) is 9.59 Å². The van der Waals surface area contributed by atoms with Crippen LogP contribution in [0, 0.1) is 0 Å². The van der Waals surface area contributed by atoms with E-state index >= 15 is 0 Å². The highest BCUT2D eigenvalue weighted by Gasteiger charge is 2.36. The van der Waals surface area contributed by atoms with Crippen molar-refractivity contribution in [3.05, 3.63) is 21.5 Å². The van der Waals surface area contributed by atoms with Gasteiger partial charge in [-0.1, -0.05) is 46.4 Å². The molecule has 0 aliphatic heterocycles. The Bertz CT molecular complexity index is 336. The van der Waals surface area contributed by atoms with Gasteiger partial charge in [0.2, 0.25) is 12.2 Å². The monoisotopic (exact) mass is 338 g/mol. The fourth-order valence-electron chi connectivity index (χ4n) is 0.768. The Kier molecular flexibility index (Phi) is 7.93. The van der Waals surface area contributed by atoms with Crippen molar-refractivity contribution in [2.24, 2.45) is 0 Å². The zero-order valence-corrected chi connectivity index (χ0v) is 11.4. The minimum atomic E-state index is -1.89. The summed E-state index contributed by atoms with van der Waals surface area (Å²) >= 11 is 20.8. The van der Waals surface area contributed by atoms with Gasteiger partial charge in [0.05, 0.1) is 0 Å². The molecule has 0 aromatic rings. The van der Waals surface area contributed by atoms with Crippen LogP contribution in [0.4, 0.5) is 0 Å². The van der Waals surface area contributed by atoms with Crippen molar-refractivity contribution in [2.45, 2.75) is 12.2 Å². The predicted octanol–water partition coefficient (Wildman–Crippen LogP) is 2.48.